The van der Waals surface area contributed by atoms with Crippen molar-refractivity contribution in [2.24, 2.45) is 0 Å². The maximum absolute atomic E-state index is 12.3. The number of hydrogen-bond acceptors (Lipinski definition) is 4. The third-order valence-electron chi connectivity index (χ3n) is 3.29. The van der Waals surface area contributed by atoms with Crippen molar-refractivity contribution >= 4 is 22.7 Å². The zero-order valence-corrected chi connectivity index (χ0v) is 10.3. The molecule has 0 radical (unpaired) electrons. The van der Waals surface area contributed by atoms with Gasteiger partial charge in [-0.2, -0.15) is 0 Å². The number of ketones is 1. The number of piperazine rings is 1. The average molecular weight is 258 g/mol. The predicted molar refractivity (Wildman–Crippen MR) is 69.9 cm³/mol. The minimum atomic E-state index is -0.471. The number of amides is 1. The first-order valence-electron chi connectivity index (χ1n) is 6.24. The van der Waals surface area contributed by atoms with Gasteiger partial charge in [0.2, 0.25) is 0 Å². The molecule has 0 aliphatic carbocycles. The van der Waals surface area contributed by atoms with Crippen molar-refractivity contribution in [3.63, 3.8) is 0 Å². The highest BCUT2D eigenvalue weighted by molar-refractivity contribution is 6.44. The maximum atomic E-state index is 12.3. The van der Waals surface area contributed by atoms with E-state index in [0.29, 0.717) is 29.7 Å². The van der Waals surface area contributed by atoms with E-state index in [4.69, 9.17) is 0 Å². The molecule has 1 amide bonds. The molecule has 19 heavy (non-hydrogen) atoms. The molecule has 6 nitrogen and oxygen atoms in total. The van der Waals surface area contributed by atoms with Crippen LogP contribution in [0.15, 0.2) is 24.5 Å². The number of nitrogens with zero attached hydrogens (tertiary/aromatic N) is 2. The lowest BCUT2D eigenvalue weighted by Gasteiger charge is -2.26. The Bertz CT molecular complexity index is 628. The Labute approximate surface area is 109 Å². The number of Topliss-reactive ketones (excluding diaryl/α,β-unsaturated/α-hetero) is 1. The van der Waals surface area contributed by atoms with Gasteiger partial charge >= 0.3 is 0 Å². The Kier molecular flexibility index (Phi) is 3.00. The van der Waals surface area contributed by atoms with Crippen LogP contribution in [0.3, 0.4) is 0 Å². The zero-order valence-electron chi connectivity index (χ0n) is 10.3. The lowest BCUT2D eigenvalue weighted by atomic mass is 10.1. The van der Waals surface area contributed by atoms with E-state index in [1.807, 2.05) is 0 Å². The number of H-pyrrole nitrogens is 1. The van der Waals surface area contributed by atoms with Crippen molar-refractivity contribution in [3.8, 4) is 0 Å². The van der Waals surface area contributed by atoms with Crippen LogP contribution in [0.4, 0.5) is 0 Å². The summed E-state index contributed by atoms with van der Waals surface area (Å²) >= 11 is 0. The van der Waals surface area contributed by atoms with E-state index >= 15 is 0 Å². The van der Waals surface area contributed by atoms with Crippen LogP contribution < -0.4 is 5.32 Å². The van der Waals surface area contributed by atoms with Crippen LogP contribution in [0.25, 0.3) is 11.0 Å². The fraction of sp³-hybridized carbons (Fsp3) is 0.308. The number of rotatable bonds is 2. The van der Waals surface area contributed by atoms with Gasteiger partial charge in [-0.15, -0.1) is 0 Å². The summed E-state index contributed by atoms with van der Waals surface area (Å²) in [6, 6.07) is 3.54. The Morgan fingerprint density at radius 2 is 2.05 bits per heavy atom. The van der Waals surface area contributed by atoms with Crippen LogP contribution in [0.1, 0.15) is 10.4 Å². The monoisotopic (exact) mass is 258 g/mol. The van der Waals surface area contributed by atoms with E-state index in [9.17, 15) is 9.59 Å². The quantitative estimate of drug-likeness (QED) is 0.595. The number of aromatic nitrogens is 2. The van der Waals surface area contributed by atoms with Gasteiger partial charge in [-0.05, 0) is 12.1 Å². The minimum Gasteiger partial charge on any atom is -0.345 e. The van der Waals surface area contributed by atoms with Crippen LogP contribution in [0.2, 0.25) is 0 Å². The normalized spacial score (nSPS) is 15.7. The van der Waals surface area contributed by atoms with Crippen molar-refractivity contribution in [3.05, 3.63) is 30.1 Å². The Hall–Kier alpha value is -2.21. The van der Waals surface area contributed by atoms with Crippen molar-refractivity contribution in [2.45, 2.75) is 0 Å². The third kappa shape index (κ3) is 2.10. The first-order valence-corrected chi connectivity index (χ1v) is 6.24. The number of hydrogen-bond donors (Lipinski definition) is 2. The highest BCUT2D eigenvalue weighted by Crippen LogP contribution is 2.17. The van der Waals surface area contributed by atoms with Crippen LogP contribution >= 0.6 is 0 Å². The van der Waals surface area contributed by atoms with Crippen molar-refractivity contribution in [2.75, 3.05) is 26.2 Å². The van der Waals surface area contributed by atoms with Gasteiger partial charge in [0.1, 0.15) is 5.65 Å². The maximum Gasteiger partial charge on any atom is 0.295 e. The Morgan fingerprint density at radius 3 is 2.84 bits per heavy atom. The number of pyridine rings is 1. The highest BCUT2D eigenvalue weighted by atomic mass is 16.2. The summed E-state index contributed by atoms with van der Waals surface area (Å²) in [5.41, 5.74) is 1.02. The molecule has 0 aromatic carbocycles. The number of aromatic amines is 1. The minimum absolute atomic E-state index is 0.395. The van der Waals surface area contributed by atoms with E-state index in [0.717, 1.165) is 13.1 Å². The molecule has 0 atom stereocenters. The van der Waals surface area contributed by atoms with Crippen molar-refractivity contribution in [1.29, 1.82) is 0 Å². The van der Waals surface area contributed by atoms with E-state index in [1.54, 1.807) is 29.4 Å². The SMILES string of the molecule is O=C(C(=O)N1CCNCC1)c1c[nH]c2ncccc12. The van der Waals surface area contributed by atoms with Gasteiger partial charge in [-0.3, -0.25) is 9.59 Å². The molecule has 2 N–H and O–H groups in total. The molecule has 3 heterocycles. The Morgan fingerprint density at radius 1 is 1.26 bits per heavy atom. The van der Waals surface area contributed by atoms with Crippen LogP contribution in [0.5, 0.6) is 0 Å². The highest BCUT2D eigenvalue weighted by Gasteiger charge is 2.26. The molecular weight excluding hydrogens is 244 g/mol. The number of carbonyl (C=O) groups excluding carboxylic acids is 2. The first-order chi connectivity index (χ1) is 9.27. The topological polar surface area (TPSA) is 78.1 Å². The molecule has 0 saturated carbocycles. The van der Waals surface area contributed by atoms with Crippen molar-refractivity contribution < 1.29 is 9.59 Å². The van der Waals surface area contributed by atoms with Crippen LogP contribution in [0, 0.1) is 0 Å². The number of carbonyl (C=O) groups is 2. The number of fused-ring (bicyclic) bond motifs is 1. The largest absolute Gasteiger partial charge is 0.345 e. The molecule has 2 aromatic rings. The van der Waals surface area contributed by atoms with Crippen LogP contribution in [-0.2, 0) is 4.79 Å². The summed E-state index contributed by atoms with van der Waals surface area (Å²) in [6.07, 6.45) is 3.20. The zero-order chi connectivity index (χ0) is 13.2. The van der Waals surface area contributed by atoms with Crippen molar-refractivity contribution in [1.82, 2.24) is 20.2 Å². The summed E-state index contributed by atoms with van der Waals surface area (Å²) < 4.78 is 0. The van der Waals surface area contributed by atoms with E-state index in [-0.39, 0.29) is 0 Å². The molecular formula is C13H14N4O2. The van der Waals surface area contributed by atoms with Gasteiger partial charge in [-0.1, -0.05) is 0 Å². The molecule has 0 unspecified atom stereocenters. The summed E-state index contributed by atoms with van der Waals surface area (Å²) in [4.78, 5) is 33.0. The second-order valence-corrected chi connectivity index (χ2v) is 4.47. The van der Waals surface area contributed by atoms with Gasteiger partial charge in [0.05, 0.1) is 5.56 Å². The van der Waals surface area contributed by atoms with Crippen LogP contribution in [-0.4, -0.2) is 52.7 Å². The predicted octanol–water partition coefficient (Wildman–Crippen LogP) is 0.177. The fourth-order valence-electron chi connectivity index (χ4n) is 2.27. The molecule has 1 fully saturated rings. The van der Waals surface area contributed by atoms with Gasteiger partial charge in [0.25, 0.3) is 11.7 Å². The lowest BCUT2D eigenvalue weighted by Crippen LogP contribution is -2.48. The molecule has 0 bridgehead atoms. The van der Waals surface area contributed by atoms with E-state index in [2.05, 4.69) is 15.3 Å². The van der Waals surface area contributed by atoms with Gasteiger partial charge < -0.3 is 15.2 Å². The van der Waals surface area contributed by atoms with Gasteiger partial charge in [0, 0.05) is 44.0 Å². The lowest BCUT2D eigenvalue weighted by molar-refractivity contribution is -0.126. The summed E-state index contributed by atoms with van der Waals surface area (Å²) in [5, 5.41) is 3.84. The number of nitrogens with one attached hydrogen (secondary N) is 2. The van der Waals surface area contributed by atoms with Gasteiger partial charge in [0.15, 0.2) is 0 Å². The molecule has 1 aliphatic heterocycles. The molecule has 1 aliphatic rings. The molecule has 2 aromatic heterocycles. The molecule has 1 saturated heterocycles. The molecule has 3 rings (SSSR count). The standard InChI is InChI=1S/C13H14N4O2/c18-11(13(19)17-6-4-14-5-7-17)10-8-16-12-9(10)2-1-3-15-12/h1-3,8,14H,4-7H2,(H,15,16). The summed E-state index contributed by atoms with van der Waals surface area (Å²) in [5.74, 6) is -0.910. The molecule has 6 heteroatoms. The second-order valence-electron chi connectivity index (χ2n) is 4.47. The smallest absolute Gasteiger partial charge is 0.295 e. The third-order valence-corrected chi connectivity index (χ3v) is 3.29. The Balaban J connectivity index is 1.89. The summed E-state index contributed by atoms with van der Waals surface area (Å²) in [6.45, 7) is 2.61. The molecule has 0 spiro atoms. The summed E-state index contributed by atoms with van der Waals surface area (Å²) in [7, 11) is 0. The fourth-order valence-corrected chi connectivity index (χ4v) is 2.27. The van der Waals surface area contributed by atoms with Gasteiger partial charge in [-0.25, -0.2) is 4.98 Å². The average Bonchev–Trinajstić information content (AvgIpc) is 2.90. The second kappa shape index (κ2) is 4.81. The van der Waals surface area contributed by atoms with E-state index in [1.165, 1.54) is 0 Å². The first kappa shape index (κ1) is 11.9. The van der Waals surface area contributed by atoms with E-state index < -0.39 is 11.7 Å². The molecule has 98 valence electrons.